The molecule has 8 heteroatoms. The van der Waals surface area contributed by atoms with Crippen LogP contribution in [0.4, 0.5) is 5.69 Å². The number of hydrogen-bond donors (Lipinski definition) is 2. The second-order valence-corrected chi connectivity index (χ2v) is 5.76. The van der Waals surface area contributed by atoms with Crippen molar-refractivity contribution in [3.05, 3.63) is 63.6 Å². The van der Waals surface area contributed by atoms with Crippen LogP contribution < -0.4 is 10.6 Å². The van der Waals surface area contributed by atoms with Crippen LogP contribution in [-0.4, -0.2) is 31.4 Å². The lowest BCUT2D eigenvalue weighted by molar-refractivity contribution is -0.139. The Morgan fingerprint density at radius 2 is 1.68 bits per heavy atom. The molecule has 0 aliphatic heterocycles. The zero-order valence-corrected chi connectivity index (χ0v) is 14.6. The maximum absolute atomic E-state index is 12.2. The first-order valence-corrected chi connectivity index (χ1v) is 7.88. The van der Waals surface area contributed by atoms with E-state index in [9.17, 15) is 14.4 Å². The summed E-state index contributed by atoms with van der Waals surface area (Å²) in [6.45, 7) is -0.221. The summed E-state index contributed by atoms with van der Waals surface area (Å²) >= 11 is 11.9. The molecular weight excluding hydrogens is 367 g/mol. The lowest BCUT2D eigenvalue weighted by Crippen LogP contribution is -2.30. The van der Waals surface area contributed by atoms with E-state index in [-0.39, 0.29) is 17.1 Å². The van der Waals surface area contributed by atoms with Gasteiger partial charge in [0.05, 0.1) is 17.7 Å². The molecule has 2 aromatic rings. The molecule has 0 aromatic heterocycles. The van der Waals surface area contributed by atoms with Crippen LogP contribution in [0.25, 0.3) is 0 Å². The Bertz CT molecular complexity index is 807. The van der Waals surface area contributed by atoms with Crippen molar-refractivity contribution in [2.75, 3.05) is 19.0 Å². The van der Waals surface area contributed by atoms with Gasteiger partial charge in [-0.25, -0.2) is 0 Å². The van der Waals surface area contributed by atoms with Crippen LogP contribution >= 0.6 is 23.2 Å². The number of amides is 2. The third kappa shape index (κ3) is 5.20. The number of carbonyl (C=O) groups excluding carboxylic acids is 3. The Morgan fingerprint density at radius 1 is 1.00 bits per heavy atom. The number of ether oxygens (including phenoxy) is 1. The summed E-state index contributed by atoms with van der Waals surface area (Å²) in [5, 5.41) is 5.75. The number of carbonyl (C=O) groups is 3. The molecule has 0 atom stereocenters. The summed E-state index contributed by atoms with van der Waals surface area (Å²) in [4.78, 5) is 35.1. The molecule has 0 unspecified atom stereocenters. The SMILES string of the molecule is COC(=O)CNC(=O)c1ccc(NC(=O)c2cc(Cl)ccc2Cl)cc1. The summed E-state index contributed by atoms with van der Waals surface area (Å²) in [5.41, 5.74) is 1.06. The summed E-state index contributed by atoms with van der Waals surface area (Å²) in [5.74, 6) is -1.40. The molecule has 0 saturated heterocycles. The molecule has 2 rings (SSSR count). The number of anilines is 1. The van der Waals surface area contributed by atoms with Crippen molar-refractivity contribution in [2.45, 2.75) is 0 Å². The predicted molar refractivity (Wildman–Crippen MR) is 95.2 cm³/mol. The van der Waals surface area contributed by atoms with Crippen LogP contribution in [0.1, 0.15) is 20.7 Å². The zero-order chi connectivity index (χ0) is 18.4. The van der Waals surface area contributed by atoms with Crippen LogP contribution in [0.3, 0.4) is 0 Å². The smallest absolute Gasteiger partial charge is 0.325 e. The number of esters is 1. The van der Waals surface area contributed by atoms with E-state index in [0.717, 1.165) is 0 Å². The molecule has 25 heavy (non-hydrogen) atoms. The average molecular weight is 381 g/mol. The fraction of sp³-hybridized carbons (Fsp3) is 0.118. The third-order valence-electron chi connectivity index (χ3n) is 3.20. The normalized spacial score (nSPS) is 10.0. The van der Waals surface area contributed by atoms with Crippen molar-refractivity contribution >= 4 is 46.7 Å². The second kappa shape index (κ2) is 8.50. The van der Waals surface area contributed by atoms with Gasteiger partial charge in [-0.15, -0.1) is 0 Å². The molecular formula is C17H14Cl2N2O4. The Kier molecular flexibility index (Phi) is 6.38. The van der Waals surface area contributed by atoms with Gasteiger partial charge >= 0.3 is 5.97 Å². The molecule has 2 aromatic carbocycles. The summed E-state index contributed by atoms with van der Waals surface area (Å²) in [7, 11) is 1.23. The predicted octanol–water partition coefficient (Wildman–Crippen LogP) is 3.15. The highest BCUT2D eigenvalue weighted by molar-refractivity contribution is 6.36. The minimum atomic E-state index is -0.546. The quantitative estimate of drug-likeness (QED) is 0.780. The molecule has 2 amide bonds. The van der Waals surface area contributed by atoms with Gasteiger partial charge in [0.25, 0.3) is 11.8 Å². The van der Waals surface area contributed by atoms with Gasteiger partial charge in [0, 0.05) is 16.3 Å². The van der Waals surface area contributed by atoms with E-state index in [1.807, 2.05) is 0 Å². The largest absolute Gasteiger partial charge is 0.468 e. The van der Waals surface area contributed by atoms with E-state index in [4.69, 9.17) is 23.2 Å². The maximum Gasteiger partial charge on any atom is 0.325 e. The lowest BCUT2D eigenvalue weighted by atomic mass is 10.1. The fourth-order valence-electron chi connectivity index (χ4n) is 1.90. The Hall–Kier alpha value is -2.57. The van der Waals surface area contributed by atoms with Crippen LogP contribution in [0.5, 0.6) is 0 Å². The van der Waals surface area contributed by atoms with Gasteiger partial charge in [-0.05, 0) is 42.5 Å². The van der Waals surface area contributed by atoms with Gasteiger partial charge in [0.15, 0.2) is 0 Å². The van der Waals surface area contributed by atoms with Crippen molar-refractivity contribution in [2.24, 2.45) is 0 Å². The summed E-state index contributed by atoms with van der Waals surface area (Å²) < 4.78 is 4.44. The van der Waals surface area contributed by atoms with Gasteiger partial charge in [0.2, 0.25) is 0 Å². The van der Waals surface area contributed by atoms with Crippen LogP contribution in [0.15, 0.2) is 42.5 Å². The molecule has 2 N–H and O–H groups in total. The van der Waals surface area contributed by atoms with Crippen LogP contribution in [0, 0.1) is 0 Å². The van der Waals surface area contributed by atoms with E-state index in [1.54, 1.807) is 18.2 Å². The topological polar surface area (TPSA) is 84.5 Å². The van der Waals surface area contributed by atoms with Crippen molar-refractivity contribution in [1.29, 1.82) is 0 Å². The molecule has 130 valence electrons. The molecule has 0 bridgehead atoms. The van der Waals surface area contributed by atoms with E-state index in [1.165, 1.54) is 31.4 Å². The third-order valence-corrected chi connectivity index (χ3v) is 3.76. The van der Waals surface area contributed by atoms with Crippen LogP contribution in [-0.2, 0) is 9.53 Å². The van der Waals surface area contributed by atoms with Crippen molar-refractivity contribution in [3.63, 3.8) is 0 Å². The van der Waals surface area contributed by atoms with Gasteiger partial charge < -0.3 is 15.4 Å². The molecule has 0 heterocycles. The lowest BCUT2D eigenvalue weighted by Gasteiger charge is -2.08. The standard InChI is InChI=1S/C17H14Cl2N2O4/c1-25-15(22)9-20-16(23)10-2-5-12(6-3-10)21-17(24)13-8-11(18)4-7-14(13)19/h2-8H,9H2,1H3,(H,20,23)(H,21,24). The summed E-state index contributed by atoms with van der Waals surface area (Å²) in [6, 6.07) is 10.7. The Balaban J connectivity index is 2.02. The van der Waals surface area contributed by atoms with Gasteiger partial charge in [-0.2, -0.15) is 0 Å². The average Bonchev–Trinajstić information content (AvgIpc) is 2.61. The first kappa shape index (κ1) is 18.8. The number of hydrogen-bond acceptors (Lipinski definition) is 4. The van der Waals surface area contributed by atoms with Crippen molar-refractivity contribution in [1.82, 2.24) is 5.32 Å². The Labute approximate surface area is 154 Å². The number of methoxy groups -OCH3 is 1. The van der Waals surface area contributed by atoms with Crippen LogP contribution in [0.2, 0.25) is 10.0 Å². The second-order valence-electron chi connectivity index (χ2n) is 4.91. The summed E-state index contributed by atoms with van der Waals surface area (Å²) in [6.07, 6.45) is 0. The van der Waals surface area contributed by atoms with E-state index >= 15 is 0 Å². The minimum Gasteiger partial charge on any atom is -0.468 e. The zero-order valence-electron chi connectivity index (χ0n) is 13.1. The van der Waals surface area contributed by atoms with E-state index in [2.05, 4.69) is 15.4 Å². The van der Waals surface area contributed by atoms with Gasteiger partial charge in [-0.1, -0.05) is 23.2 Å². The molecule has 0 aliphatic rings. The van der Waals surface area contributed by atoms with Gasteiger partial charge in [0.1, 0.15) is 6.54 Å². The first-order valence-electron chi connectivity index (χ1n) is 7.12. The molecule has 6 nitrogen and oxygen atoms in total. The Morgan fingerprint density at radius 3 is 2.32 bits per heavy atom. The maximum atomic E-state index is 12.2. The van der Waals surface area contributed by atoms with E-state index in [0.29, 0.717) is 16.3 Å². The van der Waals surface area contributed by atoms with E-state index < -0.39 is 17.8 Å². The van der Waals surface area contributed by atoms with Gasteiger partial charge in [-0.3, -0.25) is 14.4 Å². The van der Waals surface area contributed by atoms with Crippen molar-refractivity contribution < 1.29 is 19.1 Å². The van der Waals surface area contributed by atoms with Crippen molar-refractivity contribution in [3.8, 4) is 0 Å². The highest BCUT2D eigenvalue weighted by Gasteiger charge is 2.12. The highest BCUT2D eigenvalue weighted by atomic mass is 35.5. The monoisotopic (exact) mass is 380 g/mol. The molecule has 0 spiro atoms. The highest BCUT2D eigenvalue weighted by Crippen LogP contribution is 2.22. The molecule has 0 saturated carbocycles. The first-order chi connectivity index (χ1) is 11.9. The number of benzene rings is 2. The fourth-order valence-corrected chi connectivity index (χ4v) is 2.28. The number of halogens is 2. The molecule has 0 radical (unpaired) electrons. The minimum absolute atomic E-state index is 0.221. The number of nitrogens with one attached hydrogen (secondary N) is 2. The molecule has 0 aliphatic carbocycles. The molecule has 0 fully saturated rings. The number of rotatable bonds is 5.